The van der Waals surface area contributed by atoms with Gasteiger partial charge in [-0.3, -0.25) is 9.48 Å². The van der Waals surface area contributed by atoms with E-state index < -0.39 is 0 Å². The number of fused-ring (bicyclic) bond motifs is 3. The zero-order valence-corrected chi connectivity index (χ0v) is 16.7. The largest absolute Gasteiger partial charge is 0.513 e. The fourth-order valence-electron chi connectivity index (χ4n) is 2.54. The summed E-state index contributed by atoms with van der Waals surface area (Å²) in [5, 5.41) is 14.8. The van der Waals surface area contributed by atoms with Crippen molar-refractivity contribution in [3.8, 4) is 5.69 Å². The smallest absolute Gasteiger partial charge is 0.155 e. The topological polar surface area (TPSA) is 68.3 Å². The van der Waals surface area contributed by atoms with Crippen molar-refractivity contribution in [2.24, 2.45) is 0 Å². The van der Waals surface area contributed by atoms with Crippen LogP contribution in [-0.4, -0.2) is 20.7 Å². The van der Waals surface area contributed by atoms with Crippen molar-refractivity contribution in [1.82, 2.24) is 9.78 Å². The second-order valence-corrected chi connectivity index (χ2v) is 5.51. The first-order valence-electron chi connectivity index (χ1n) is 7.76. The minimum Gasteiger partial charge on any atom is -0.513 e. The van der Waals surface area contributed by atoms with Gasteiger partial charge in [0.05, 0.1) is 5.76 Å². The second-order valence-electron chi connectivity index (χ2n) is 5.51. The summed E-state index contributed by atoms with van der Waals surface area (Å²) in [7, 11) is 0. The monoisotopic (exact) mass is 526 g/mol. The number of aromatic nitrogens is 2. The third kappa shape index (κ3) is 4.28. The van der Waals surface area contributed by atoms with Crippen molar-refractivity contribution >= 4 is 27.7 Å². The fraction of sp³-hybridized carbons (Fsp3) is 0.100. The van der Waals surface area contributed by atoms with Crippen LogP contribution >= 0.6 is 0 Å². The molecule has 1 radical (unpaired) electrons. The van der Waals surface area contributed by atoms with E-state index >= 15 is 0 Å². The summed E-state index contributed by atoms with van der Waals surface area (Å²) in [5.74, 6) is -0.0625. The van der Waals surface area contributed by atoms with Gasteiger partial charge in [0.25, 0.3) is 0 Å². The second kappa shape index (κ2) is 8.61. The van der Waals surface area contributed by atoms with E-state index in [1.807, 2.05) is 42.6 Å². The van der Waals surface area contributed by atoms with Crippen molar-refractivity contribution in [1.29, 1.82) is 0 Å². The Morgan fingerprint density at radius 3 is 2.58 bits per heavy atom. The molecule has 0 spiro atoms. The molecule has 0 unspecified atom stereocenters. The molecule has 26 heavy (non-hydrogen) atoms. The van der Waals surface area contributed by atoms with Crippen LogP contribution in [0.5, 0.6) is 0 Å². The molecule has 1 N–H and O–H groups in total. The van der Waals surface area contributed by atoms with Gasteiger partial charge in [-0.05, 0) is 31.7 Å². The molecule has 0 saturated heterocycles. The molecule has 0 aliphatic rings. The number of benzene rings is 2. The number of hydrogen-bond acceptors (Lipinski definition) is 4. The molecule has 2 aromatic carbocycles. The van der Waals surface area contributed by atoms with Crippen molar-refractivity contribution < 1.29 is 34.4 Å². The van der Waals surface area contributed by atoms with E-state index in [9.17, 15) is 4.79 Å². The van der Waals surface area contributed by atoms with E-state index in [2.05, 4.69) is 17.2 Å². The molecule has 0 aliphatic heterocycles. The summed E-state index contributed by atoms with van der Waals surface area (Å²) >= 11 is 0. The summed E-state index contributed by atoms with van der Waals surface area (Å²) < 4.78 is 7.68. The summed E-state index contributed by atoms with van der Waals surface area (Å²) in [6.45, 7) is 2.85. The average Bonchev–Trinajstić information content (AvgIpc) is 3.21. The number of aliphatic hydroxyl groups excluding tert-OH is 1. The van der Waals surface area contributed by atoms with Crippen molar-refractivity contribution in [2.45, 2.75) is 13.8 Å². The van der Waals surface area contributed by atoms with Gasteiger partial charge in [0.15, 0.2) is 5.78 Å². The molecule has 5 nitrogen and oxygen atoms in total. The molecule has 0 bridgehead atoms. The molecular weight excluding hydrogens is 508 g/mol. The number of nitrogens with zero attached hydrogens (tertiary/aromatic N) is 2. The van der Waals surface area contributed by atoms with Crippen LogP contribution in [0.2, 0.25) is 0 Å². The van der Waals surface area contributed by atoms with Crippen molar-refractivity contribution in [3.05, 3.63) is 72.8 Å². The molecule has 4 rings (SSSR count). The van der Waals surface area contributed by atoms with E-state index in [0.29, 0.717) is 0 Å². The Balaban J connectivity index is 0.000000265. The van der Waals surface area contributed by atoms with Crippen LogP contribution in [-0.2, 0) is 24.9 Å². The number of para-hydroxylation sites is 1. The van der Waals surface area contributed by atoms with Crippen LogP contribution in [0, 0.1) is 6.07 Å². The van der Waals surface area contributed by atoms with Gasteiger partial charge < -0.3 is 9.52 Å². The number of furan rings is 1. The molecule has 6 heteroatoms. The quantitative estimate of drug-likeness (QED) is 0.236. The molecule has 0 aliphatic carbocycles. The Morgan fingerprint density at radius 2 is 1.96 bits per heavy atom. The number of hydrogen-bond donors (Lipinski definition) is 1. The molecule has 0 fully saturated rings. The third-order valence-corrected chi connectivity index (χ3v) is 3.46. The molecule has 4 aromatic rings. The molecule has 0 atom stereocenters. The van der Waals surface area contributed by atoms with E-state index in [0.717, 1.165) is 27.6 Å². The number of allylic oxidation sites excluding steroid dienone is 2. The minimum atomic E-state index is -0.125. The van der Waals surface area contributed by atoms with Gasteiger partial charge >= 0.3 is 0 Å². The van der Waals surface area contributed by atoms with Crippen molar-refractivity contribution in [3.63, 3.8) is 0 Å². The zero-order chi connectivity index (χ0) is 17.8. The van der Waals surface area contributed by atoms with Crippen LogP contribution in [0.25, 0.3) is 27.6 Å². The Labute approximate surface area is 164 Å². The molecule has 2 heterocycles. The van der Waals surface area contributed by atoms with Gasteiger partial charge in [0, 0.05) is 49.5 Å². The molecule has 0 amide bonds. The number of aliphatic hydroxyl groups is 1. The predicted octanol–water partition coefficient (Wildman–Crippen LogP) is 4.61. The first-order chi connectivity index (χ1) is 12.1. The summed E-state index contributed by atoms with van der Waals surface area (Å²) in [5.41, 5.74) is 2.55. The summed E-state index contributed by atoms with van der Waals surface area (Å²) in [6.07, 6.45) is 4.80. The number of carbonyl (C=O) groups is 1. The van der Waals surface area contributed by atoms with E-state index in [-0.39, 0.29) is 31.6 Å². The van der Waals surface area contributed by atoms with E-state index in [1.165, 1.54) is 19.9 Å². The molecule has 2 aromatic heterocycles. The van der Waals surface area contributed by atoms with Gasteiger partial charge in [-0.1, -0.05) is 23.6 Å². The van der Waals surface area contributed by atoms with Crippen LogP contribution in [0.1, 0.15) is 13.8 Å². The predicted molar refractivity (Wildman–Crippen MR) is 96.7 cm³/mol. The Hall–Kier alpha value is -2.69. The normalized spacial score (nSPS) is 10.9. The maximum atomic E-state index is 10.0. The maximum Gasteiger partial charge on any atom is 0.155 e. The number of carbonyl (C=O) groups excluding carboxylic acids is 1. The van der Waals surface area contributed by atoms with Gasteiger partial charge in [-0.15, -0.1) is 0 Å². The maximum absolute atomic E-state index is 10.0. The molecule has 0 saturated carbocycles. The molecule has 135 valence electrons. The zero-order valence-electron chi connectivity index (χ0n) is 14.3. The van der Waals surface area contributed by atoms with Crippen molar-refractivity contribution in [2.75, 3.05) is 0 Å². The first-order valence-corrected chi connectivity index (χ1v) is 7.76. The number of ketones is 1. The SMILES string of the molecule is CC(=O)/C=C(/C)O.[Ir].[c-]1ccc2c(oc3ccccc32)c1-n1cccn1. The first kappa shape index (κ1) is 19.6. The van der Waals surface area contributed by atoms with Crippen LogP contribution < -0.4 is 0 Å². The Morgan fingerprint density at radius 1 is 1.19 bits per heavy atom. The minimum absolute atomic E-state index is 0. The Kier molecular flexibility index (Phi) is 6.50. The molecular formula is C20H17IrN2O3-. The van der Waals surface area contributed by atoms with Gasteiger partial charge in [-0.25, -0.2) is 0 Å². The van der Waals surface area contributed by atoms with Crippen LogP contribution in [0.15, 0.2) is 71.1 Å². The average molecular weight is 526 g/mol. The fourth-order valence-corrected chi connectivity index (χ4v) is 2.54. The Bertz CT molecular complexity index is 1050. The summed E-state index contributed by atoms with van der Waals surface area (Å²) in [4.78, 5) is 10.0. The third-order valence-electron chi connectivity index (χ3n) is 3.46. The van der Waals surface area contributed by atoms with Gasteiger partial charge in [-0.2, -0.15) is 23.3 Å². The van der Waals surface area contributed by atoms with E-state index in [1.54, 1.807) is 10.9 Å². The van der Waals surface area contributed by atoms with Gasteiger partial charge in [0.2, 0.25) is 0 Å². The van der Waals surface area contributed by atoms with Crippen LogP contribution in [0.4, 0.5) is 0 Å². The number of rotatable bonds is 2. The standard InChI is InChI=1S/C15H9N2O.C5H8O2.Ir/c1-2-8-14-11(5-1)12-6-3-7-13(15(12)18-14)17-10-4-9-16-17;1-4(6)3-5(2)7;/h1-6,8-10H;3,6H,1-2H3;/q-1;;/b;4-3-;. The summed E-state index contributed by atoms with van der Waals surface area (Å²) in [6, 6.07) is 17.0. The van der Waals surface area contributed by atoms with Crippen LogP contribution in [0.3, 0.4) is 0 Å². The van der Waals surface area contributed by atoms with E-state index in [4.69, 9.17) is 9.52 Å². The van der Waals surface area contributed by atoms with Gasteiger partial charge in [0.1, 0.15) is 5.58 Å².